The van der Waals surface area contributed by atoms with E-state index in [0.717, 1.165) is 0 Å². The molecule has 0 saturated carbocycles. The highest BCUT2D eigenvalue weighted by atomic mass is 16.5. The van der Waals surface area contributed by atoms with E-state index in [1.807, 2.05) is 13.8 Å². The number of hydrogen-bond acceptors (Lipinski definition) is 5. The molecule has 0 aliphatic heterocycles. The predicted octanol–water partition coefficient (Wildman–Crippen LogP) is 1.43. The Labute approximate surface area is 107 Å². The molecule has 18 heavy (non-hydrogen) atoms. The first kappa shape index (κ1) is 14.6. The quantitative estimate of drug-likeness (QED) is 0.741. The fourth-order valence-electron chi connectivity index (χ4n) is 1.84. The van der Waals surface area contributed by atoms with Crippen molar-refractivity contribution >= 4 is 0 Å². The molecule has 0 radical (unpaired) electrons. The number of benzene rings is 1. The number of rotatable bonds is 5. The zero-order chi connectivity index (χ0) is 13.9. The molecule has 1 aromatic carbocycles. The van der Waals surface area contributed by atoms with Crippen LogP contribution in [0, 0.1) is 5.92 Å². The van der Waals surface area contributed by atoms with Crippen LogP contribution in [0.15, 0.2) is 12.1 Å². The highest BCUT2D eigenvalue weighted by molar-refractivity contribution is 5.52. The van der Waals surface area contributed by atoms with Gasteiger partial charge in [-0.2, -0.15) is 0 Å². The smallest absolute Gasteiger partial charge is 0.131 e. The molecule has 0 amide bonds. The van der Waals surface area contributed by atoms with Gasteiger partial charge in [-0.05, 0) is 5.92 Å². The SMILES string of the molecule is COc1cc(O)cc(OC)c1[C@H](N)[C@H](O)C(C)C. The molecule has 1 rings (SSSR count). The largest absolute Gasteiger partial charge is 0.508 e. The normalized spacial score (nSPS) is 14.4. The maximum atomic E-state index is 10.1. The molecule has 2 atom stereocenters. The Hall–Kier alpha value is -1.46. The molecular formula is C13H21NO4. The van der Waals surface area contributed by atoms with Crippen LogP contribution in [0.1, 0.15) is 25.5 Å². The molecule has 0 bridgehead atoms. The number of aromatic hydroxyl groups is 1. The average Bonchev–Trinajstić information content (AvgIpc) is 2.35. The Kier molecular flexibility index (Phi) is 4.81. The van der Waals surface area contributed by atoms with Crippen LogP contribution in [0.3, 0.4) is 0 Å². The maximum Gasteiger partial charge on any atom is 0.131 e. The van der Waals surface area contributed by atoms with Gasteiger partial charge in [-0.25, -0.2) is 0 Å². The third-order valence-corrected chi connectivity index (χ3v) is 2.91. The van der Waals surface area contributed by atoms with Crippen LogP contribution in [0.25, 0.3) is 0 Å². The van der Waals surface area contributed by atoms with Crippen molar-refractivity contribution in [1.29, 1.82) is 0 Å². The van der Waals surface area contributed by atoms with Crippen LogP contribution < -0.4 is 15.2 Å². The number of hydrogen-bond donors (Lipinski definition) is 3. The molecule has 0 aliphatic carbocycles. The summed E-state index contributed by atoms with van der Waals surface area (Å²) in [5.41, 5.74) is 6.61. The standard InChI is InChI=1S/C13H21NO4/c1-7(2)13(16)12(14)11-9(17-3)5-8(15)6-10(11)18-4/h5-7,12-13,15-16H,14H2,1-4H3/t12-,13+/m0/s1. The number of methoxy groups -OCH3 is 2. The van der Waals surface area contributed by atoms with Crippen LogP contribution in [0.2, 0.25) is 0 Å². The number of aliphatic hydroxyl groups is 1. The number of nitrogens with two attached hydrogens (primary N) is 1. The Morgan fingerprint density at radius 3 is 1.89 bits per heavy atom. The van der Waals surface area contributed by atoms with Crippen molar-refractivity contribution < 1.29 is 19.7 Å². The zero-order valence-corrected chi connectivity index (χ0v) is 11.2. The third-order valence-electron chi connectivity index (χ3n) is 2.91. The number of phenols is 1. The van der Waals surface area contributed by atoms with Gasteiger partial charge in [-0.15, -0.1) is 0 Å². The van der Waals surface area contributed by atoms with E-state index in [4.69, 9.17) is 15.2 Å². The molecule has 0 saturated heterocycles. The van der Waals surface area contributed by atoms with Gasteiger partial charge >= 0.3 is 0 Å². The molecule has 1 aromatic rings. The Balaban J connectivity index is 3.28. The van der Waals surface area contributed by atoms with Crippen molar-refractivity contribution in [3.8, 4) is 17.2 Å². The number of ether oxygens (including phenoxy) is 2. The lowest BCUT2D eigenvalue weighted by Crippen LogP contribution is -2.31. The molecule has 0 heterocycles. The summed E-state index contributed by atoms with van der Waals surface area (Å²) < 4.78 is 10.4. The summed E-state index contributed by atoms with van der Waals surface area (Å²) in [5, 5.41) is 19.6. The molecule has 102 valence electrons. The zero-order valence-electron chi connectivity index (χ0n) is 11.2. The first-order valence-corrected chi connectivity index (χ1v) is 5.80. The predicted molar refractivity (Wildman–Crippen MR) is 69.0 cm³/mol. The van der Waals surface area contributed by atoms with E-state index in [1.165, 1.54) is 26.4 Å². The first-order valence-electron chi connectivity index (χ1n) is 5.80. The maximum absolute atomic E-state index is 10.1. The Morgan fingerprint density at radius 1 is 1.11 bits per heavy atom. The van der Waals surface area contributed by atoms with Gasteiger partial charge in [-0.1, -0.05) is 13.8 Å². The van der Waals surface area contributed by atoms with Gasteiger partial charge in [0, 0.05) is 12.1 Å². The number of phenolic OH excluding ortho intramolecular Hbond substituents is 1. The van der Waals surface area contributed by atoms with Crippen molar-refractivity contribution in [2.45, 2.75) is 26.0 Å². The van der Waals surface area contributed by atoms with E-state index >= 15 is 0 Å². The van der Waals surface area contributed by atoms with Gasteiger partial charge < -0.3 is 25.4 Å². The van der Waals surface area contributed by atoms with Crippen LogP contribution in [-0.4, -0.2) is 30.5 Å². The van der Waals surface area contributed by atoms with E-state index in [9.17, 15) is 10.2 Å². The summed E-state index contributed by atoms with van der Waals surface area (Å²) in [6, 6.07) is 2.26. The molecule has 5 heteroatoms. The first-order chi connectivity index (χ1) is 8.42. The molecule has 0 aromatic heterocycles. The molecule has 0 aliphatic rings. The Morgan fingerprint density at radius 2 is 1.56 bits per heavy atom. The second-order valence-corrected chi connectivity index (χ2v) is 4.52. The van der Waals surface area contributed by atoms with E-state index < -0.39 is 12.1 Å². The van der Waals surface area contributed by atoms with Gasteiger partial charge in [0.2, 0.25) is 0 Å². The highest BCUT2D eigenvalue weighted by Crippen LogP contribution is 2.39. The minimum Gasteiger partial charge on any atom is -0.508 e. The third kappa shape index (κ3) is 2.86. The highest BCUT2D eigenvalue weighted by Gasteiger charge is 2.27. The van der Waals surface area contributed by atoms with E-state index in [0.29, 0.717) is 17.1 Å². The average molecular weight is 255 g/mol. The van der Waals surface area contributed by atoms with Crippen LogP contribution in [0.4, 0.5) is 0 Å². The molecular weight excluding hydrogens is 234 g/mol. The monoisotopic (exact) mass is 255 g/mol. The molecule has 0 unspecified atom stereocenters. The summed E-state index contributed by atoms with van der Waals surface area (Å²) in [5.74, 6) is 0.833. The van der Waals surface area contributed by atoms with Crippen molar-refractivity contribution in [2.75, 3.05) is 14.2 Å². The lowest BCUT2D eigenvalue weighted by molar-refractivity contribution is 0.0958. The second kappa shape index (κ2) is 5.93. The molecule has 4 N–H and O–H groups in total. The van der Waals surface area contributed by atoms with Crippen molar-refractivity contribution in [1.82, 2.24) is 0 Å². The van der Waals surface area contributed by atoms with Crippen molar-refractivity contribution in [2.24, 2.45) is 11.7 Å². The van der Waals surface area contributed by atoms with Gasteiger partial charge in [0.05, 0.1) is 31.9 Å². The van der Waals surface area contributed by atoms with Gasteiger partial charge in [0.25, 0.3) is 0 Å². The topological polar surface area (TPSA) is 84.9 Å². The van der Waals surface area contributed by atoms with Crippen LogP contribution in [0.5, 0.6) is 17.2 Å². The molecule has 5 nitrogen and oxygen atoms in total. The minimum atomic E-state index is -0.725. The van der Waals surface area contributed by atoms with E-state index in [1.54, 1.807) is 0 Å². The molecule has 0 spiro atoms. The van der Waals surface area contributed by atoms with Gasteiger partial charge in [0.15, 0.2) is 0 Å². The second-order valence-electron chi connectivity index (χ2n) is 4.52. The van der Waals surface area contributed by atoms with Crippen molar-refractivity contribution in [3.63, 3.8) is 0 Å². The van der Waals surface area contributed by atoms with E-state index in [2.05, 4.69) is 0 Å². The minimum absolute atomic E-state index is 0.00298. The summed E-state index contributed by atoms with van der Waals surface area (Å²) in [6.07, 6.45) is -0.725. The summed E-state index contributed by atoms with van der Waals surface area (Å²) in [4.78, 5) is 0. The summed E-state index contributed by atoms with van der Waals surface area (Å²) >= 11 is 0. The number of aliphatic hydroxyl groups excluding tert-OH is 1. The lowest BCUT2D eigenvalue weighted by atomic mass is 9.93. The van der Waals surface area contributed by atoms with E-state index in [-0.39, 0.29) is 11.7 Å². The lowest BCUT2D eigenvalue weighted by Gasteiger charge is -2.25. The summed E-state index contributed by atoms with van der Waals surface area (Å²) in [6.45, 7) is 3.76. The Bertz CT molecular complexity index is 381. The van der Waals surface area contributed by atoms with Crippen LogP contribution >= 0.6 is 0 Å². The fourth-order valence-corrected chi connectivity index (χ4v) is 1.84. The van der Waals surface area contributed by atoms with Crippen LogP contribution in [-0.2, 0) is 0 Å². The molecule has 0 fully saturated rings. The van der Waals surface area contributed by atoms with Crippen molar-refractivity contribution in [3.05, 3.63) is 17.7 Å². The van der Waals surface area contributed by atoms with Gasteiger partial charge in [0.1, 0.15) is 17.2 Å². The summed E-state index contributed by atoms with van der Waals surface area (Å²) in [7, 11) is 2.96. The van der Waals surface area contributed by atoms with Gasteiger partial charge in [-0.3, -0.25) is 0 Å². The fraction of sp³-hybridized carbons (Fsp3) is 0.538.